The first-order valence-electron chi connectivity index (χ1n) is 5.82. The van der Waals surface area contributed by atoms with Crippen LogP contribution in [0.5, 0.6) is 0 Å². The Morgan fingerprint density at radius 3 is 2.84 bits per heavy atom. The van der Waals surface area contributed by atoms with Crippen molar-refractivity contribution in [3.05, 3.63) is 28.0 Å². The molecule has 1 atom stereocenters. The van der Waals surface area contributed by atoms with Crippen LogP contribution in [0.3, 0.4) is 0 Å². The van der Waals surface area contributed by atoms with Gasteiger partial charge < -0.3 is 9.30 Å². The van der Waals surface area contributed by atoms with Gasteiger partial charge in [0.25, 0.3) is 0 Å². The Morgan fingerprint density at radius 2 is 2.26 bits per heavy atom. The summed E-state index contributed by atoms with van der Waals surface area (Å²) >= 11 is 8.82. The molecule has 3 rings (SSSR count). The number of alkyl halides is 1. The van der Waals surface area contributed by atoms with Crippen molar-refractivity contribution in [3.63, 3.8) is 0 Å². The quantitative estimate of drug-likeness (QED) is 0.624. The number of imidazole rings is 1. The summed E-state index contributed by atoms with van der Waals surface area (Å²) in [5.41, 5.74) is 0.147. The summed E-state index contributed by atoms with van der Waals surface area (Å²) in [5.74, 6) is -0.552. The third-order valence-electron chi connectivity index (χ3n) is 3.24. The van der Waals surface area contributed by atoms with Crippen molar-refractivity contribution >= 4 is 38.6 Å². The van der Waals surface area contributed by atoms with E-state index in [4.69, 9.17) is 16.3 Å². The van der Waals surface area contributed by atoms with Crippen LogP contribution in [0.4, 0.5) is 8.78 Å². The average molecular weight is 352 g/mol. The molecule has 0 unspecified atom stereocenters. The second kappa shape index (κ2) is 5.00. The SMILES string of the molecule is Fc1cc(Br)c(F)c2c1nc(CCl)n2C[C@@H]1CCO1. The lowest BCUT2D eigenvalue weighted by Gasteiger charge is -2.27. The van der Waals surface area contributed by atoms with Crippen molar-refractivity contribution in [2.24, 2.45) is 0 Å². The molecule has 2 aromatic rings. The molecule has 1 aliphatic heterocycles. The Hall–Kier alpha value is -0.720. The van der Waals surface area contributed by atoms with Crippen LogP contribution >= 0.6 is 27.5 Å². The minimum absolute atomic E-state index is 0.00988. The topological polar surface area (TPSA) is 27.1 Å². The van der Waals surface area contributed by atoms with Gasteiger partial charge in [0.05, 0.1) is 23.0 Å². The van der Waals surface area contributed by atoms with E-state index in [1.807, 2.05) is 0 Å². The summed E-state index contributed by atoms with van der Waals surface area (Å²) in [6.45, 7) is 1.14. The molecule has 0 aliphatic carbocycles. The van der Waals surface area contributed by atoms with Crippen LogP contribution < -0.4 is 0 Å². The molecule has 0 saturated carbocycles. The first-order chi connectivity index (χ1) is 9.11. The van der Waals surface area contributed by atoms with E-state index in [0.29, 0.717) is 19.0 Å². The van der Waals surface area contributed by atoms with Gasteiger partial charge in [-0.2, -0.15) is 0 Å². The minimum Gasteiger partial charge on any atom is -0.376 e. The van der Waals surface area contributed by atoms with Gasteiger partial charge in [0.15, 0.2) is 11.6 Å². The Morgan fingerprint density at radius 1 is 1.53 bits per heavy atom. The standard InChI is InChI=1S/C12H10BrClF2N2O/c13-7-3-8(15)11-12(10(7)16)18(9(4-14)17-11)5-6-1-2-19-6/h3,6H,1-2,4-5H2/t6-/m0/s1. The number of hydrogen-bond donors (Lipinski definition) is 0. The van der Waals surface area contributed by atoms with Crippen LogP contribution in [0.2, 0.25) is 0 Å². The molecule has 7 heteroatoms. The van der Waals surface area contributed by atoms with Gasteiger partial charge in [0, 0.05) is 6.61 Å². The molecule has 0 spiro atoms. The first-order valence-corrected chi connectivity index (χ1v) is 7.14. The first kappa shape index (κ1) is 13.3. The number of fused-ring (bicyclic) bond motifs is 1. The zero-order valence-electron chi connectivity index (χ0n) is 9.80. The zero-order valence-corrected chi connectivity index (χ0v) is 12.1. The highest BCUT2D eigenvalue weighted by molar-refractivity contribution is 9.10. The molecule has 0 radical (unpaired) electrons. The number of benzene rings is 1. The van der Waals surface area contributed by atoms with E-state index in [1.54, 1.807) is 4.57 Å². The number of aromatic nitrogens is 2. The largest absolute Gasteiger partial charge is 0.376 e. The van der Waals surface area contributed by atoms with E-state index in [-0.39, 0.29) is 27.5 Å². The number of hydrogen-bond acceptors (Lipinski definition) is 2. The molecule has 3 nitrogen and oxygen atoms in total. The summed E-state index contributed by atoms with van der Waals surface area (Å²) in [7, 11) is 0. The predicted molar refractivity (Wildman–Crippen MR) is 71.3 cm³/mol. The molecule has 0 amide bonds. The summed E-state index contributed by atoms with van der Waals surface area (Å²) in [4.78, 5) is 4.08. The third-order valence-corrected chi connectivity index (χ3v) is 4.06. The Bertz CT molecular complexity index is 642. The smallest absolute Gasteiger partial charge is 0.163 e. The van der Waals surface area contributed by atoms with E-state index in [1.165, 1.54) is 0 Å². The predicted octanol–water partition coefficient (Wildman–Crippen LogP) is 3.60. The lowest BCUT2D eigenvalue weighted by molar-refractivity contribution is -0.0589. The fraction of sp³-hybridized carbons (Fsp3) is 0.417. The summed E-state index contributed by atoms with van der Waals surface area (Å²) in [6, 6.07) is 1.08. The molecule has 1 fully saturated rings. The van der Waals surface area contributed by atoms with E-state index >= 15 is 0 Å². The molecule has 1 aliphatic rings. The van der Waals surface area contributed by atoms with E-state index in [0.717, 1.165) is 12.5 Å². The Labute approximate surface area is 121 Å². The van der Waals surface area contributed by atoms with Crippen molar-refractivity contribution in [1.82, 2.24) is 9.55 Å². The Kier molecular flexibility index (Phi) is 3.49. The molecular weight excluding hydrogens is 341 g/mol. The maximum Gasteiger partial charge on any atom is 0.163 e. The molecular formula is C12H10BrClF2N2O. The number of nitrogens with zero attached hydrogens (tertiary/aromatic N) is 2. The normalized spacial score (nSPS) is 18.8. The van der Waals surface area contributed by atoms with Crippen LogP contribution in [0.1, 0.15) is 12.2 Å². The maximum atomic E-state index is 14.2. The van der Waals surface area contributed by atoms with Crippen LogP contribution in [0.25, 0.3) is 11.0 Å². The molecule has 1 saturated heterocycles. The molecule has 0 N–H and O–H groups in total. The zero-order chi connectivity index (χ0) is 13.6. The fourth-order valence-corrected chi connectivity index (χ4v) is 2.77. The number of ether oxygens (including phenoxy) is 1. The van der Waals surface area contributed by atoms with Gasteiger partial charge in [0.2, 0.25) is 0 Å². The second-order valence-electron chi connectivity index (χ2n) is 4.41. The summed E-state index contributed by atoms with van der Waals surface area (Å²) in [5, 5.41) is 0. The van der Waals surface area contributed by atoms with Crippen molar-refractivity contribution in [1.29, 1.82) is 0 Å². The molecule has 102 valence electrons. The molecule has 1 aromatic carbocycles. The fourth-order valence-electron chi connectivity index (χ4n) is 2.18. The minimum atomic E-state index is -0.567. The van der Waals surface area contributed by atoms with Crippen molar-refractivity contribution in [2.75, 3.05) is 6.61 Å². The highest BCUT2D eigenvalue weighted by Gasteiger charge is 2.25. The van der Waals surface area contributed by atoms with Crippen LogP contribution in [0, 0.1) is 11.6 Å². The van der Waals surface area contributed by atoms with Gasteiger partial charge in [-0.05, 0) is 28.4 Å². The van der Waals surface area contributed by atoms with Crippen LogP contribution in [-0.4, -0.2) is 22.3 Å². The lowest BCUT2D eigenvalue weighted by atomic mass is 10.2. The molecule has 19 heavy (non-hydrogen) atoms. The molecule has 1 aromatic heterocycles. The second-order valence-corrected chi connectivity index (χ2v) is 5.53. The van der Waals surface area contributed by atoms with Gasteiger partial charge in [-0.25, -0.2) is 13.8 Å². The monoisotopic (exact) mass is 350 g/mol. The van der Waals surface area contributed by atoms with Gasteiger partial charge >= 0.3 is 0 Å². The molecule has 0 bridgehead atoms. The van der Waals surface area contributed by atoms with Crippen LogP contribution in [0.15, 0.2) is 10.5 Å². The van der Waals surface area contributed by atoms with Crippen LogP contribution in [-0.2, 0) is 17.2 Å². The maximum absolute atomic E-state index is 14.2. The lowest BCUT2D eigenvalue weighted by Crippen LogP contribution is -2.31. The van der Waals surface area contributed by atoms with E-state index < -0.39 is 11.6 Å². The third kappa shape index (κ3) is 2.15. The van der Waals surface area contributed by atoms with E-state index in [9.17, 15) is 8.78 Å². The van der Waals surface area contributed by atoms with Crippen molar-refractivity contribution in [3.8, 4) is 0 Å². The molecule has 2 heterocycles. The van der Waals surface area contributed by atoms with E-state index in [2.05, 4.69) is 20.9 Å². The highest BCUT2D eigenvalue weighted by atomic mass is 79.9. The highest BCUT2D eigenvalue weighted by Crippen LogP contribution is 2.30. The van der Waals surface area contributed by atoms with Gasteiger partial charge in [0.1, 0.15) is 16.9 Å². The van der Waals surface area contributed by atoms with Gasteiger partial charge in [-0.1, -0.05) is 0 Å². The van der Waals surface area contributed by atoms with Gasteiger partial charge in [-0.3, -0.25) is 0 Å². The van der Waals surface area contributed by atoms with Gasteiger partial charge in [-0.15, -0.1) is 11.6 Å². The Balaban J connectivity index is 2.21. The van der Waals surface area contributed by atoms with Crippen molar-refractivity contribution < 1.29 is 13.5 Å². The number of rotatable bonds is 3. The average Bonchev–Trinajstić information content (AvgIpc) is 2.70. The summed E-state index contributed by atoms with van der Waals surface area (Å²) < 4.78 is 35.1. The van der Waals surface area contributed by atoms with Crippen molar-refractivity contribution in [2.45, 2.75) is 24.9 Å². The summed E-state index contributed by atoms with van der Waals surface area (Å²) in [6.07, 6.45) is 0.917. The number of halogens is 4.